The first-order chi connectivity index (χ1) is 8.28. The summed E-state index contributed by atoms with van der Waals surface area (Å²) >= 11 is 0. The van der Waals surface area contributed by atoms with Crippen LogP contribution in [-0.2, 0) is 19.3 Å². The lowest BCUT2D eigenvalue weighted by molar-refractivity contribution is -0.135. The van der Waals surface area contributed by atoms with E-state index in [9.17, 15) is 8.42 Å². The lowest BCUT2D eigenvalue weighted by Crippen LogP contribution is -2.26. The highest BCUT2D eigenvalue weighted by molar-refractivity contribution is 7.91. The summed E-state index contributed by atoms with van der Waals surface area (Å²) in [5.41, 5.74) is 1.04. The van der Waals surface area contributed by atoms with Crippen molar-refractivity contribution in [2.45, 2.75) is 37.6 Å². The Balaban J connectivity index is 2.11. The van der Waals surface area contributed by atoms with E-state index in [1.165, 1.54) is 0 Å². The molecular weight excluding hydrogens is 252 g/mol. The van der Waals surface area contributed by atoms with Crippen LogP contribution in [0.3, 0.4) is 0 Å². The Labute approximate surface area is 108 Å². The van der Waals surface area contributed by atoms with Crippen molar-refractivity contribution in [1.29, 1.82) is 0 Å². The molecule has 2 rings (SSSR count). The lowest BCUT2D eigenvalue weighted by atomic mass is 10.2. The summed E-state index contributed by atoms with van der Waals surface area (Å²) in [6, 6.07) is 6.85. The van der Waals surface area contributed by atoms with E-state index in [0.29, 0.717) is 11.5 Å². The van der Waals surface area contributed by atoms with Gasteiger partial charge in [-0.2, -0.15) is 0 Å². The van der Waals surface area contributed by atoms with Gasteiger partial charge in [-0.15, -0.1) is 0 Å². The molecule has 4 nitrogen and oxygen atoms in total. The van der Waals surface area contributed by atoms with E-state index >= 15 is 0 Å². The van der Waals surface area contributed by atoms with E-state index in [2.05, 4.69) is 0 Å². The fraction of sp³-hybridized carbons (Fsp3) is 0.538. The molecule has 1 aliphatic heterocycles. The van der Waals surface area contributed by atoms with Crippen LogP contribution in [0.1, 0.15) is 19.4 Å². The van der Waals surface area contributed by atoms with Crippen molar-refractivity contribution in [1.82, 2.24) is 0 Å². The molecule has 5 heteroatoms. The molecular formula is C13H18O4S. The molecule has 1 aromatic carbocycles. The summed E-state index contributed by atoms with van der Waals surface area (Å²) in [6.45, 7) is 5.81. The van der Waals surface area contributed by atoms with Crippen LogP contribution in [0, 0.1) is 6.92 Å². The number of aryl methyl sites for hydroxylation is 1. The third-order valence-corrected chi connectivity index (χ3v) is 4.65. The van der Waals surface area contributed by atoms with Gasteiger partial charge in [-0.05, 0) is 32.9 Å². The van der Waals surface area contributed by atoms with E-state index in [0.717, 1.165) is 5.56 Å². The second kappa shape index (κ2) is 4.64. The molecule has 1 saturated heterocycles. The van der Waals surface area contributed by atoms with Crippen molar-refractivity contribution in [2.24, 2.45) is 0 Å². The standard InChI is InChI=1S/C13H18O4S/c1-10-4-6-12(7-5-10)18(14,15)9-11-8-16-13(2,3)17-11/h4-7,11H,8-9H2,1-3H3/t11-/m1/s1. The first-order valence-corrected chi connectivity index (χ1v) is 7.55. The molecule has 0 saturated carbocycles. The summed E-state index contributed by atoms with van der Waals surface area (Å²) < 4.78 is 35.2. The van der Waals surface area contributed by atoms with Crippen LogP contribution in [0.4, 0.5) is 0 Å². The molecule has 1 atom stereocenters. The van der Waals surface area contributed by atoms with Crippen molar-refractivity contribution in [3.05, 3.63) is 29.8 Å². The maximum Gasteiger partial charge on any atom is 0.181 e. The Morgan fingerprint density at radius 3 is 2.39 bits per heavy atom. The molecule has 0 unspecified atom stereocenters. The molecule has 1 heterocycles. The predicted molar refractivity (Wildman–Crippen MR) is 68.1 cm³/mol. The highest BCUT2D eigenvalue weighted by Gasteiger charge is 2.35. The first-order valence-electron chi connectivity index (χ1n) is 5.90. The fourth-order valence-electron chi connectivity index (χ4n) is 1.93. The van der Waals surface area contributed by atoms with Gasteiger partial charge in [0.15, 0.2) is 15.6 Å². The Morgan fingerprint density at radius 2 is 1.89 bits per heavy atom. The Bertz CT molecular complexity index is 516. The highest BCUT2D eigenvalue weighted by Crippen LogP contribution is 2.24. The van der Waals surface area contributed by atoms with Gasteiger partial charge in [0, 0.05) is 0 Å². The van der Waals surface area contributed by atoms with Crippen molar-refractivity contribution >= 4 is 9.84 Å². The molecule has 1 fully saturated rings. The predicted octanol–water partition coefficient (Wildman–Crippen LogP) is 1.92. The van der Waals surface area contributed by atoms with Gasteiger partial charge < -0.3 is 9.47 Å². The largest absolute Gasteiger partial charge is 0.348 e. The summed E-state index contributed by atoms with van der Waals surface area (Å²) in [4.78, 5) is 0.335. The molecule has 18 heavy (non-hydrogen) atoms. The smallest absolute Gasteiger partial charge is 0.181 e. The van der Waals surface area contributed by atoms with Gasteiger partial charge in [0.25, 0.3) is 0 Å². The summed E-state index contributed by atoms with van der Waals surface area (Å²) in [5.74, 6) is -0.729. The van der Waals surface area contributed by atoms with E-state index in [-0.39, 0.29) is 5.75 Å². The molecule has 0 aliphatic carbocycles. The Morgan fingerprint density at radius 1 is 1.28 bits per heavy atom. The number of rotatable bonds is 3. The number of benzene rings is 1. The van der Waals surface area contributed by atoms with Crippen molar-refractivity contribution in [3.8, 4) is 0 Å². The van der Waals surface area contributed by atoms with Gasteiger partial charge in [0.1, 0.15) is 0 Å². The number of hydrogen-bond donors (Lipinski definition) is 0. The van der Waals surface area contributed by atoms with Gasteiger partial charge in [0.05, 0.1) is 23.4 Å². The molecule has 0 bridgehead atoms. The zero-order chi connectivity index (χ0) is 13.4. The van der Waals surface area contributed by atoms with Crippen LogP contribution in [-0.4, -0.2) is 32.7 Å². The second-order valence-electron chi connectivity index (χ2n) is 5.05. The average Bonchev–Trinajstić information content (AvgIpc) is 2.57. The van der Waals surface area contributed by atoms with Crippen molar-refractivity contribution in [3.63, 3.8) is 0 Å². The number of hydrogen-bond acceptors (Lipinski definition) is 4. The zero-order valence-corrected chi connectivity index (χ0v) is 11.7. The van der Waals surface area contributed by atoms with Crippen molar-refractivity contribution in [2.75, 3.05) is 12.4 Å². The fourth-order valence-corrected chi connectivity index (χ4v) is 3.33. The average molecular weight is 270 g/mol. The van der Waals surface area contributed by atoms with Crippen LogP contribution < -0.4 is 0 Å². The SMILES string of the molecule is Cc1ccc(S(=O)(=O)C[C@H]2COC(C)(C)O2)cc1. The third kappa shape index (κ3) is 3.10. The minimum atomic E-state index is -3.32. The lowest BCUT2D eigenvalue weighted by Gasteiger charge is -2.17. The van der Waals surface area contributed by atoms with Crippen LogP contribution >= 0.6 is 0 Å². The molecule has 100 valence electrons. The summed E-state index contributed by atoms with van der Waals surface area (Å²) in [7, 11) is -3.32. The Hall–Kier alpha value is -0.910. The molecule has 0 amide bonds. The maximum atomic E-state index is 12.2. The van der Waals surface area contributed by atoms with Crippen LogP contribution in [0.15, 0.2) is 29.2 Å². The molecule has 0 N–H and O–H groups in total. The molecule has 1 aliphatic rings. The zero-order valence-electron chi connectivity index (χ0n) is 10.8. The van der Waals surface area contributed by atoms with Gasteiger partial charge >= 0.3 is 0 Å². The topological polar surface area (TPSA) is 52.6 Å². The second-order valence-corrected chi connectivity index (χ2v) is 7.08. The summed E-state index contributed by atoms with van der Waals surface area (Å²) in [5, 5.41) is 0. The number of sulfone groups is 1. The van der Waals surface area contributed by atoms with E-state index in [1.54, 1.807) is 38.1 Å². The van der Waals surface area contributed by atoms with Gasteiger partial charge in [0.2, 0.25) is 0 Å². The van der Waals surface area contributed by atoms with Crippen molar-refractivity contribution < 1.29 is 17.9 Å². The van der Waals surface area contributed by atoms with Gasteiger partial charge in [-0.3, -0.25) is 0 Å². The first kappa shape index (κ1) is 13.5. The monoisotopic (exact) mass is 270 g/mol. The van der Waals surface area contributed by atoms with E-state index in [4.69, 9.17) is 9.47 Å². The molecule has 0 spiro atoms. The van der Waals surface area contributed by atoms with Gasteiger partial charge in [-0.25, -0.2) is 8.42 Å². The molecule has 0 aromatic heterocycles. The van der Waals surface area contributed by atoms with E-state index in [1.807, 2.05) is 6.92 Å². The quantitative estimate of drug-likeness (QED) is 0.842. The minimum Gasteiger partial charge on any atom is -0.348 e. The minimum absolute atomic E-state index is 0.0422. The molecule has 0 radical (unpaired) electrons. The normalized spacial score (nSPS) is 23.2. The van der Waals surface area contributed by atoms with Crippen LogP contribution in [0.25, 0.3) is 0 Å². The number of ether oxygens (including phenoxy) is 2. The maximum absolute atomic E-state index is 12.2. The Kier molecular flexibility index (Phi) is 3.49. The van der Waals surface area contributed by atoms with Crippen LogP contribution in [0.5, 0.6) is 0 Å². The molecule has 1 aromatic rings. The van der Waals surface area contributed by atoms with E-state index < -0.39 is 21.7 Å². The highest BCUT2D eigenvalue weighted by atomic mass is 32.2. The summed E-state index contributed by atoms with van der Waals surface area (Å²) in [6.07, 6.45) is -0.397. The van der Waals surface area contributed by atoms with Crippen LogP contribution in [0.2, 0.25) is 0 Å². The van der Waals surface area contributed by atoms with Gasteiger partial charge in [-0.1, -0.05) is 17.7 Å². The third-order valence-electron chi connectivity index (χ3n) is 2.85.